The molecule has 1 aromatic rings. The maximum atomic E-state index is 13.1. The Bertz CT molecular complexity index is 423. The molecular weight excluding hydrogens is 267 g/mol. The number of hydrogen-bond acceptors (Lipinski definition) is 2. The maximum absolute atomic E-state index is 13.1. The topological polar surface area (TPSA) is 38.0 Å². The van der Waals surface area contributed by atoms with E-state index >= 15 is 0 Å². The minimum atomic E-state index is -4.69. The maximum Gasteiger partial charge on any atom is 0.418 e. The summed E-state index contributed by atoms with van der Waals surface area (Å²) in [6.07, 6.45) is -4.20. The summed E-state index contributed by atoms with van der Waals surface area (Å²) in [4.78, 5) is 0. The summed E-state index contributed by atoms with van der Waals surface area (Å²) in [6.45, 7) is 1.14. The lowest BCUT2D eigenvalue weighted by Gasteiger charge is -2.18. The van der Waals surface area contributed by atoms with Gasteiger partial charge in [-0.05, 0) is 25.1 Å². The lowest BCUT2D eigenvalue weighted by molar-refractivity contribution is -0.137. The van der Waals surface area contributed by atoms with Crippen LogP contribution in [-0.4, -0.2) is 13.1 Å². The number of nitrogens with one attached hydrogen (secondary N) is 1. The predicted molar refractivity (Wildman–Crippen MR) is 63.2 cm³/mol. The van der Waals surface area contributed by atoms with Crippen LogP contribution in [0.2, 0.25) is 0 Å². The second-order valence-corrected chi connectivity index (χ2v) is 4.22. The van der Waals surface area contributed by atoms with Crippen LogP contribution in [0.3, 0.4) is 0 Å². The zero-order valence-corrected chi connectivity index (χ0v) is 10.3. The molecule has 0 bridgehead atoms. The quantitative estimate of drug-likeness (QED) is 0.640. The van der Waals surface area contributed by atoms with Gasteiger partial charge in [-0.15, -0.1) is 0 Å². The Kier molecular flexibility index (Phi) is 4.73. The highest BCUT2D eigenvalue weighted by molar-refractivity contribution is 5.54. The molecule has 0 aliphatic heterocycles. The summed E-state index contributed by atoms with van der Waals surface area (Å²) in [7, 11) is 0. The first-order chi connectivity index (χ1) is 8.66. The predicted octanol–water partition coefficient (Wildman–Crippen LogP) is 3.58. The molecule has 0 aliphatic rings. The highest BCUT2D eigenvalue weighted by Gasteiger charge is 2.36. The van der Waals surface area contributed by atoms with Gasteiger partial charge in [0, 0.05) is 24.7 Å². The fourth-order valence-corrected chi connectivity index (χ4v) is 1.53. The summed E-state index contributed by atoms with van der Waals surface area (Å²) in [5.74, 6) is -3.31. The van der Waals surface area contributed by atoms with Crippen molar-refractivity contribution in [2.45, 2.75) is 25.4 Å². The summed E-state index contributed by atoms with van der Waals surface area (Å²) >= 11 is 0. The van der Waals surface area contributed by atoms with Crippen LogP contribution in [-0.2, 0) is 12.1 Å². The van der Waals surface area contributed by atoms with Gasteiger partial charge in [0.15, 0.2) is 0 Å². The molecule has 1 rings (SSSR count). The molecule has 0 saturated heterocycles. The van der Waals surface area contributed by atoms with Crippen LogP contribution in [0.4, 0.5) is 27.6 Å². The van der Waals surface area contributed by atoms with Gasteiger partial charge >= 0.3 is 6.18 Å². The van der Waals surface area contributed by atoms with Crippen molar-refractivity contribution in [1.29, 1.82) is 0 Å². The van der Waals surface area contributed by atoms with Gasteiger partial charge in [-0.3, -0.25) is 0 Å². The fraction of sp³-hybridized carbons (Fsp3) is 0.500. The molecule has 7 heteroatoms. The van der Waals surface area contributed by atoms with E-state index in [1.807, 2.05) is 0 Å². The van der Waals surface area contributed by atoms with Crippen molar-refractivity contribution in [2.75, 3.05) is 18.4 Å². The van der Waals surface area contributed by atoms with Crippen LogP contribution in [0.25, 0.3) is 0 Å². The van der Waals surface area contributed by atoms with E-state index in [-0.39, 0.29) is 12.2 Å². The van der Waals surface area contributed by atoms with Crippen molar-refractivity contribution < 1.29 is 22.0 Å². The number of alkyl halides is 5. The summed E-state index contributed by atoms with van der Waals surface area (Å²) < 4.78 is 64.6. The second kappa shape index (κ2) is 5.73. The first-order valence-corrected chi connectivity index (χ1v) is 5.69. The molecule has 0 unspecified atom stereocenters. The normalized spacial score (nSPS) is 12.6. The van der Waals surface area contributed by atoms with Crippen molar-refractivity contribution in [1.82, 2.24) is 0 Å². The molecule has 0 heterocycles. The van der Waals surface area contributed by atoms with E-state index in [9.17, 15) is 22.0 Å². The SMILES string of the molecule is CC(F)(F)c1ccc(NCCCN)c(C(F)(F)F)c1. The third kappa shape index (κ3) is 4.34. The van der Waals surface area contributed by atoms with Crippen LogP contribution in [0.5, 0.6) is 0 Å². The molecule has 2 nitrogen and oxygen atoms in total. The van der Waals surface area contributed by atoms with E-state index in [4.69, 9.17) is 5.73 Å². The van der Waals surface area contributed by atoms with E-state index in [1.54, 1.807) is 0 Å². The number of nitrogens with two attached hydrogens (primary N) is 1. The lowest BCUT2D eigenvalue weighted by Crippen LogP contribution is -2.16. The zero-order valence-electron chi connectivity index (χ0n) is 10.3. The van der Waals surface area contributed by atoms with Crippen LogP contribution >= 0.6 is 0 Å². The molecular formula is C12H15F5N2. The average Bonchev–Trinajstić information content (AvgIpc) is 2.27. The molecule has 108 valence electrons. The highest BCUT2D eigenvalue weighted by atomic mass is 19.4. The van der Waals surface area contributed by atoms with E-state index in [0.717, 1.165) is 12.1 Å². The third-order valence-corrected chi connectivity index (χ3v) is 2.53. The Hall–Kier alpha value is -1.37. The van der Waals surface area contributed by atoms with E-state index in [0.29, 0.717) is 26.0 Å². The summed E-state index contributed by atoms with van der Waals surface area (Å²) in [5, 5.41) is 2.55. The average molecular weight is 282 g/mol. The summed E-state index contributed by atoms with van der Waals surface area (Å²) in [5.41, 5.74) is 3.27. The van der Waals surface area contributed by atoms with E-state index in [1.165, 1.54) is 0 Å². The first kappa shape index (κ1) is 15.7. The smallest absolute Gasteiger partial charge is 0.385 e. The van der Waals surface area contributed by atoms with Crippen molar-refractivity contribution in [3.8, 4) is 0 Å². The van der Waals surface area contributed by atoms with Gasteiger partial charge in [0.25, 0.3) is 5.92 Å². The molecule has 0 atom stereocenters. The molecule has 19 heavy (non-hydrogen) atoms. The third-order valence-electron chi connectivity index (χ3n) is 2.53. The summed E-state index contributed by atoms with van der Waals surface area (Å²) in [6, 6.07) is 2.48. The van der Waals surface area contributed by atoms with Crippen molar-refractivity contribution >= 4 is 5.69 Å². The van der Waals surface area contributed by atoms with Gasteiger partial charge in [0.2, 0.25) is 0 Å². The largest absolute Gasteiger partial charge is 0.418 e. The zero-order chi connectivity index (χ0) is 14.7. The minimum absolute atomic E-state index is 0.214. The van der Waals surface area contributed by atoms with E-state index in [2.05, 4.69) is 5.32 Å². The Balaban J connectivity index is 3.11. The van der Waals surface area contributed by atoms with Gasteiger partial charge in [0.05, 0.1) is 5.56 Å². The minimum Gasteiger partial charge on any atom is -0.385 e. The molecule has 0 saturated carbocycles. The van der Waals surface area contributed by atoms with Crippen LogP contribution in [0.1, 0.15) is 24.5 Å². The molecule has 3 N–H and O–H groups in total. The van der Waals surface area contributed by atoms with Gasteiger partial charge in [-0.2, -0.15) is 13.2 Å². The van der Waals surface area contributed by atoms with Crippen molar-refractivity contribution in [3.63, 3.8) is 0 Å². The number of anilines is 1. The number of halogens is 5. The monoisotopic (exact) mass is 282 g/mol. The van der Waals surface area contributed by atoms with Gasteiger partial charge in [-0.25, -0.2) is 8.78 Å². The molecule has 1 aromatic carbocycles. The van der Waals surface area contributed by atoms with Crippen molar-refractivity contribution in [2.24, 2.45) is 5.73 Å². The second-order valence-electron chi connectivity index (χ2n) is 4.22. The fourth-order valence-electron chi connectivity index (χ4n) is 1.53. The molecule has 0 aromatic heterocycles. The number of benzene rings is 1. The Morgan fingerprint density at radius 2 is 1.79 bits per heavy atom. The molecule has 0 radical (unpaired) electrons. The van der Waals surface area contributed by atoms with E-state index < -0.39 is 23.2 Å². The molecule has 0 fully saturated rings. The Labute approximate surface area is 107 Å². The molecule has 0 aliphatic carbocycles. The Morgan fingerprint density at radius 1 is 1.16 bits per heavy atom. The van der Waals surface area contributed by atoms with Crippen LogP contribution < -0.4 is 11.1 Å². The number of hydrogen-bond donors (Lipinski definition) is 2. The number of rotatable bonds is 5. The lowest BCUT2D eigenvalue weighted by atomic mass is 10.0. The first-order valence-electron chi connectivity index (χ1n) is 5.69. The van der Waals surface area contributed by atoms with Crippen LogP contribution in [0.15, 0.2) is 18.2 Å². The van der Waals surface area contributed by atoms with Crippen molar-refractivity contribution in [3.05, 3.63) is 29.3 Å². The van der Waals surface area contributed by atoms with Crippen LogP contribution in [0, 0.1) is 0 Å². The van der Waals surface area contributed by atoms with Gasteiger partial charge in [0.1, 0.15) is 0 Å². The van der Waals surface area contributed by atoms with Gasteiger partial charge in [-0.1, -0.05) is 6.07 Å². The van der Waals surface area contributed by atoms with Gasteiger partial charge < -0.3 is 11.1 Å². The molecule has 0 spiro atoms. The Morgan fingerprint density at radius 3 is 2.26 bits per heavy atom. The standard InChI is InChI=1S/C12H15F5N2/c1-11(13,14)8-3-4-10(19-6-2-5-18)9(7-8)12(15,16)17/h3-4,7,19H,2,5-6,18H2,1H3. The highest BCUT2D eigenvalue weighted by Crippen LogP contribution is 2.38. The molecule has 0 amide bonds.